The van der Waals surface area contributed by atoms with Gasteiger partial charge in [-0.25, -0.2) is 4.39 Å². The van der Waals surface area contributed by atoms with E-state index in [1.54, 1.807) is 6.07 Å². The van der Waals surface area contributed by atoms with Crippen molar-refractivity contribution in [2.45, 2.75) is 44.1 Å². The van der Waals surface area contributed by atoms with Crippen LogP contribution in [0.5, 0.6) is 0 Å². The highest BCUT2D eigenvalue weighted by Crippen LogP contribution is 2.39. The second-order valence-corrected chi connectivity index (χ2v) is 6.19. The molecule has 2 aliphatic rings. The molecular formula is C17H16FNO2. The summed E-state index contributed by atoms with van der Waals surface area (Å²) in [5.74, 6) is -0.190. The number of hydrogen-bond donors (Lipinski definition) is 0. The maximum Gasteiger partial charge on any atom is 0.189 e. The zero-order valence-electron chi connectivity index (χ0n) is 11.6. The van der Waals surface area contributed by atoms with Crippen LogP contribution in [0.4, 0.5) is 4.39 Å². The van der Waals surface area contributed by atoms with Crippen molar-refractivity contribution >= 4 is 16.7 Å². The van der Waals surface area contributed by atoms with Crippen molar-refractivity contribution in [2.75, 3.05) is 0 Å². The average Bonchev–Trinajstić information content (AvgIpc) is 3.21. The smallest absolute Gasteiger partial charge is 0.189 e. The van der Waals surface area contributed by atoms with Crippen molar-refractivity contribution in [2.24, 2.45) is 0 Å². The molecule has 2 fully saturated rings. The van der Waals surface area contributed by atoms with Crippen molar-refractivity contribution in [3.8, 4) is 0 Å². The van der Waals surface area contributed by atoms with E-state index >= 15 is 0 Å². The Morgan fingerprint density at radius 2 is 1.95 bits per heavy atom. The number of nitrogens with zero attached hydrogens (tertiary/aromatic N) is 1. The molecular weight excluding hydrogens is 269 g/mol. The summed E-state index contributed by atoms with van der Waals surface area (Å²) in [6.45, 7) is 0. The van der Waals surface area contributed by atoms with Gasteiger partial charge in [0.05, 0.1) is 5.52 Å². The summed E-state index contributed by atoms with van der Waals surface area (Å²) in [7, 11) is 0. The third-order valence-electron chi connectivity index (χ3n) is 4.67. The SMILES string of the molecule is O=C1CCC(c2cc3c(cc2F)c(=O)ccn3C2CC2)C1. The lowest BCUT2D eigenvalue weighted by molar-refractivity contribution is -0.117. The topological polar surface area (TPSA) is 39.1 Å². The van der Waals surface area contributed by atoms with Crippen LogP contribution in [0.2, 0.25) is 0 Å². The average molecular weight is 285 g/mol. The molecule has 2 saturated carbocycles. The fourth-order valence-corrected chi connectivity index (χ4v) is 3.37. The molecule has 4 rings (SSSR count). The number of pyridine rings is 1. The summed E-state index contributed by atoms with van der Waals surface area (Å²) >= 11 is 0. The molecule has 2 aliphatic carbocycles. The first-order valence-electron chi connectivity index (χ1n) is 7.49. The first kappa shape index (κ1) is 12.7. The lowest BCUT2D eigenvalue weighted by Gasteiger charge is -2.15. The number of ketones is 1. The lowest BCUT2D eigenvalue weighted by Crippen LogP contribution is -2.09. The van der Waals surface area contributed by atoms with Crippen LogP contribution in [0.25, 0.3) is 10.9 Å². The molecule has 4 heteroatoms. The molecule has 0 N–H and O–H groups in total. The minimum Gasteiger partial charge on any atom is -0.344 e. The highest BCUT2D eigenvalue weighted by atomic mass is 19.1. The van der Waals surface area contributed by atoms with E-state index in [0.717, 1.165) is 18.4 Å². The van der Waals surface area contributed by atoms with Gasteiger partial charge in [-0.15, -0.1) is 0 Å². The number of aromatic nitrogens is 1. The van der Waals surface area contributed by atoms with Gasteiger partial charge in [0.15, 0.2) is 5.43 Å². The molecule has 1 aromatic heterocycles. The minimum absolute atomic E-state index is 0.0372. The second-order valence-electron chi connectivity index (χ2n) is 6.19. The van der Waals surface area contributed by atoms with Crippen LogP contribution in [-0.4, -0.2) is 10.4 Å². The molecule has 1 aromatic carbocycles. The lowest BCUT2D eigenvalue weighted by atomic mass is 9.95. The number of carbonyl (C=O) groups excluding carboxylic acids is 1. The monoisotopic (exact) mass is 285 g/mol. The van der Waals surface area contributed by atoms with Crippen LogP contribution in [-0.2, 0) is 4.79 Å². The van der Waals surface area contributed by atoms with Crippen molar-refractivity contribution in [3.63, 3.8) is 0 Å². The van der Waals surface area contributed by atoms with Gasteiger partial charge in [0.2, 0.25) is 0 Å². The third-order valence-corrected chi connectivity index (χ3v) is 4.67. The van der Waals surface area contributed by atoms with E-state index in [-0.39, 0.29) is 22.9 Å². The molecule has 0 spiro atoms. The highest BCUT2D eigenvalue weighted by molar-refractivity contribution is 5.83. The third kappa shape index (κ3) is 2.09. The zero-order chi connectivity index (χ0) is 14.6. The van der Waals surface area contributed by atoms with Crippen LogP contribution in [0.1, 0.15) is 49.6 Å². The fraction of sp³-hybridized carbons (Fsp3) is 0.412. The van der Waals surface area contributed by atoms with Gasteiger partial charge in [-0.2, -0.15) is 0 Å². The Labute approximate surface area is 121 Å². The number of rotatable bonds is 2. The van der Waals surface area contributed by atoms with Crippen molar-refractivity contribution in [1.29, 1.82) is 0 Å². The molecule has 0 saturated heterocycles. The maximum absolute atomic E-state index is 14.4. The Bertz CT molecular complexity index is 804. The van der Waals surface area contributed by atoms with E-state index in [4.69, 9.17) is 0 Å². The molecule has 1 unspecified atom stereocenters. The Kier molecular flexibility index (Phi) is 2.74. The number of Topliss-reactive ketones (excluding diaryl/α,β-unsaturated/α-hetero) is 1. The Hall–Kier alpha value is -1.97. The van der Waals surface area contributed by atoms with Crippen LogP contribution in [0.15, 0.2) is 29.2 Å². The molecule has 1 heterocycles. The molecule has 0 aliphatic heterocycles. The summed E-state index contributed by atoms with van der Waals surface area (Å²) in [6, 6.07) is 5.10. The van der Waals surface area contributed by atoms with Crippen LogP contribution in [0, 0.1) is 5.82 Å². The summed E-state index contributed by atoms with van der Waals surface area (Å²) in [6.07, 6.45) is 5.68. The minimum atomic E-state index is -0.354. The molecule has 21 heavy (non-hydrogen) atoms. The molecule has 0 radical (unpaired) electrons. The Morgan fingerprint density at radius 1 is 1.14 bits per heavy atom. The van der Waals surface area contributed by atoms with Gasteiger partial charge in [0.1, 0.15) is 11.6 Å². The first-order valence-corrected chi connectivity index (χ1v) is 7.49. The molecule has 2 aromatic rings. The Balaban J connectivity index is 1.92. The van der Waals surface area contributed by atoms with E-state index < -0.39 is 0 Å². The van der Waals surface area contributed by atoms with Gasteiger partial charge >= 0.3 is 0 Å². The number of carbonyl (C=O) groups is 1. The van der Waals surface area contributed by atoms with E-state index in [2.05, 4.69) is 4.57 Å². The highest BCUT2D eigenvalue weighted by Gasteiger charge is 2.28. The van der Waals surface area contributed by atoms with E-state index in [9.17, 15) is 14.0 Å². The van der Waals surface area contributed by atoms with Gasteiger partial charge in [0.25, 0.3) is 0 Å². The van der Waals surface area contributed by atoms with Crippen LogP contribution in [0.3, 0.4) is 0 Å². The largest absolute Gasteiger partial charge is 0.344 e. The number of fused-ring (bicyclic) bond motifs is 1. The summed E-state index contributed by atoms with van der Waals surface area (Å²) in [4.78, 5) is 23.4. The maximum atomic E-state index is 14.4. The van der Waals surface area contributed by atoms with Gasteiger partial charge in [0, 0.05) is 36.5 Å². The second kappa shape index (κ2) is 4.52. The molecule has 3 nitrogen and oxygen atoms in total. The van der Waals surface area contributed by atoms with E-state index in [1.165, 1.54) is 12.1 Å². The predicted molar refractivity (Wildman–Crippen MR) is 78.0 cm³/mol. The van der Waals surface area contributed by atoms with Crippen LogP contribution < -0.4 is 5.43 Å². The number of hydrogen-bond acceptors (Lipinski definition) is 2. The van der Waals surface area contributed by atoms with E-state index in [0.29, 0.717) is 36.3 Å². The normalized spacial score (nSPS) is 22.1. The van der Waals surface area contributed by atoms with Gasteiger partial charge in [-0.05, 0) is 42.9 Å². The van der Waals surface area contributed by atoms with E-state index in [1.807, 2.05) is 6.20 Å². The van der Waals surface area contributed by atoms with Gasteiger partial charge < -0.3 is 4.57 Å². The zero-order valence-corrected chi connectivity index (χ0v) is 11.6. The van der Waals surface area contributed by atoms with Crippen molar-refractivity contribution in [3.05, 3.63) is 46.0 Å². The summed E-state index contributed by atoms with van der Waals surface area (Å²) in [5.41, 5.74) is 1.25. The standard InChI is InChI=1S/C17H16FNO2/c18-15-8-14-16(9-13(15)10-1-4-12(20)7-10)19(11-2-3-11)6-5-17(14)21/h5-6,8-11H,1-4,7H2. The summed E-state index contributed by atoms with van der Waals surface area (Å²) < 4.78 is 16.4. The Morgan fingerprint density at radius 3 is 2.62 bits per heavy atom. The van der Waals surface area contributed by atoms with Crippen molar-refractivity contribution < 1.29 is 9.18 Å². The summed E-state index contributed by atoms with van der Waals surface area (Å²) in [5, 5.41) is 0.440. The fourth-order valence-electron chi connectivity index (χ4n) is 3.37. The van der Waals surface area contributed by atoms with Gasteiger partial charge in [-0.3, -0.25) is 9.59 Å². The quantitative estimate of drug-likeness (QED) is 0.849. The van der Waals surface area contributed by atoms with Crippen LogP contribution >= 0.6 is 0 Å². The number of benzene rings is 1. The molecule has 1 atom stereocenters. The van der Waals surface area contributed by atoms with Gasteiger partial charge in [-0.1, -0.05) is 0 Å². The molecule has 0 amide bonds. The molecule has 108 valence electrons. The first-order chi connectivity index (χ1) is 10.1. The number of halogens is 1. The molecule has 0 bridgehead atoms. The predicted octanol–water partition coefficient (Wildman–Crippen LogP) is 3.31. The van der Waals surface area contributed by atoms with Crippen molar-refractivity contribution in [1.82, 2.24) is 4.57 Å².